The summed E-state index contributed by atoms with van der Waals surface area (Å²) in [6.45, 7) is 0. The van der Waals surface area contributed by atoms with E-state index >= 15 is 0 Å². The third-order valence-electron chi connectivity index (χ3n) is 0.947. The van der Waals surface area contributed by atoms with E-state index in [1.165, 1.54) is 0 Å². The minimum absolute atomic E-state index is 0.597. The van der Waals surface area contributed by atoms with Crippen molar-refractivity contribution in [1.29, 1.82) is 0 Å². The molecule has 0 unspecified atom stereocenters. The Kier molecular flexibility index (Phi) is 7.06. The average molecular weight is 363 g/mol. The van der Waals surface area contributed by atoms with E-state index in [-0.39, 0.29) is 0 Å². The fourth-order valence-electron chi connectivity index (χ4n) is 0.330. The first-order valence-electron chi connectivity index (χ1n) is 3.48. The third kappa shape index (κ3) is 8.02. The van der Waals surface area contributed by atoms with Gasteiger partial charge in [0.15, 0.2) is 12.8 Å². The Balaban J connectivity index is 4.18. The molecular weight excluding hydrogens is 361 g/mol. The molecule has 0 saturated heterocycles. The molecule has 0 aliphatic heterocycles. The van der Waals surface area contributed by atoms with Crippen LogP contribution in [-0.4, -0.2) is 32.2 Å². The number of amides is 2. The van der Waals surface area contributed by atoms with Crippen molar-refractivity contribution < 1.29 is 14.3 Å². The van der Waals surface area contributed by atoms with Crippen molar-refractivity contribution in [2.45, 2.75) is 7.59 Å². The molecule has 0 aromatic carbocycles. The summed E-state index contributed by atoms with van der Waals surface area (Å²) in [5.74, 6) is -2.16. The van der Waals surface area contributed by atoms with Crippen molar-refractivity contribution in [1.82, 2.24) is 0 Å². The second-order valence-electron chi connectivity index (χ2n) is 2.21. The normalized spacial score (nSPS) is 13.3. The van der Waals surface area contributed by atoms with Crippen LogP contribution in [0.5, 0.6) is 0 Å². The zero-order chi connectivity index (χ0) is 13.7. The Hall–Kier alpha value is 0.220. The van der Waals surface area contributed by atoms with Crippen molar-refractivity contribution in [3.8, 4) is 0 Å². The molecule has 0 aliphatic rings. The monoisotopic (exact) mass is 360 g/mol. The molecule has 5 nitrogen and oxygen atoms in total. The van der Waals surface area contributed by atoms with Gasteiger partial charge in [0.25, 0.3) is 7.59 Å². The second-order valence-corrected chi connectivity index (χ2v) is 6.77. The minimum Gasteiger partial charge on any atom is -0.434 e. The van der Waals surface area contributed by atoms with Gasteiger partial charge >= 0.3 is 11.8 Å². The molecule has 0 atom stereocenters. The van der Waals surface area contributed by atoms with Crippen molar-refractivity contribution in [3.05, 3.63) is 0 Å². The van der Waals surface area contributed by atoms with Gasteiger partial charge in [0.05, 0.1) is 0 Å². The first kappa shape index (κ1) is 17.2. The van der Waals surface area contributed by atoms with Crippen LogP contribution >= 0.6 is 69.6 Å². The Bertz CT molecular complexity index is 322. The molecule has 0 bridgehead atoms. The molecule has 0 radical (unpaired) electrons. The predicted octanol–water partition coefficient (Wildman–Crippen LogP) is 2.85. The Labute approximate surface area is 126 Å². The fraction of sp³-hybridized carbons (Fsp3) is 0.333. The van der Waals surface area contributed by atoms with Crippen LogP contribution in [0.15, 0.2) is 9.98 Å². The van der Waals surface area contributed by atoms with Gasteiger partial charge in [-0.3, -0.25) is 9.59 Å². The zero-order valence-corrected chi connectivity index (χ0v) is 12.1. The van der Waals surface area contributed by atoms with E-state index in [1.807, 2.05) is 0 Å². The summed E-state index contributed by atoms with van der Waals surface area (Å²) in [6.07, 6.45) is 1.19. The van der Waals surface area contributed by atoms with E-state index in [2.05, 4.69) is 14.7 Å². The highest BCUT2D eigenvalue weighted by atomic mass is 35.6. The molecule has 17 heavy (non-hydrogen) atoms. The summed E-state index contributed by atoms with van der Waals surface area (Å²) in [5.41, 5.74) is 0. The number of hydrogen-bond donors (Lipinski definition) is 0. The van der Waals surface area contributed by atoms with Crippen LogP contribution in [-0.2, 0) is 14.3 Å². The quantitative estimate of drug-likeness (QED) is 0.431. The minimum atomic E-state index is -2.19. The first-order chi connectivity index (χ1) is 7.55. The summed E-state index contributed by atoms with van der Waals surface area (Å²) in [4.78, 5) is 27.9. The molecule has 0 aliphatic carbocycles. The van der Waals surface area contributed by atoms with Gasteiger partial charge in [-0.25, -0.2) is 0 Å². The van der Waals surface area contributed by atoms with Crippen LogP contribution in [0.2, 0.25) is 0 Å². The Morgan fingerprint density at radius 2 is 1.12 bits per heavy atom. The molecule has 0 N–H and O–H groups in total. The topological polar surface area (TPSA) is 68.1 Å². The van der Waals surface area contributed by atoms with E-state index < -0.39 is 19.4 Å². The average Bonchev–Trinajstić information content (AvgIpc) is 2.13. The second kappa shape index (κ2) is 6.97. The predicted molar refractivity (Wildman–Crippen MR) is 68.7 cm³/mol. The summed E-state index contributed by atoms with van der Waals surface area (Å²) >= 11 is 31.1. The summed E-state index contributed by atoms with van der Waals surface area (Å²) in [5, 5.41) is 0. The van der Waals surface area contributed by atoms with Crippen molar-refractivity contribution in [2.24, 2.45) is 9.98 Å². The number of aliphatic imine (C=N–C) groups is 2. The highest BCUT2D eigenvalue weighted by Gasteiger charge is 2.30. The molecule has 96 valence electrons. The van der Waals surface area contributed by atoms with Gasteiger partial charge in [0, 0.05) is 0 Å². The molecule has 0 rings (SSSR count). The number of alkyl halides is 6. The SMILES string of the molecule is O=C(N=COC=NC(=O)C(Cl)(Cl)Cl)C(Cl)(Cl)Cl. The molecule has 0 fully saturated rings. The summed E-state index contributed by atoms with van der Waals surface area (Å²) in [7, 11) is 0. The van der Waals surface area contributed by atoms with Crippen LogP contribution in [0.25, 0.3) is 0 Å². The number of carbonyl (C=O) groups is 2. The van der Waals surface area contributed by atoms with Gasteiger partial charge in [-0.05, 0) is 0 Å². The zero-order valence-electron chi connectivity index (χ0n) is 7.54. The molecule has 0 aromatic heterocycles. The first-order valence-corrected chi connectivity index (χ1v) is 5.74. The van der Waals surface area contributed by atoms with E-state index in [4.69, 9.17) is 69.6 Å². The molecule has 11 heteroatoms. The number of ether oxygens (including phenoxy) is 1. The maximum absolute atomic E-state index is 10.9. The molecule has 0 aromatic rings. The number of hydrogen-bond acceptors (Lipinski definition) is 3. The van der Waals surface area contributed by atoms with Gasteiger partial charge in [0.1, 0.15) is 0 Å². The highest BCUT2D eigenvalue weighted by Crippen LogP contribution is 2.27. The molecule has 0 saturated carbocycles. The van der Waals surface area contributed by atoms with Gasteiger partial charge in [0.2, 0.25) is 0 Å². The lowest BCUT2D eigenvalue weighted by Gasteiger charge is -2.03. The lowest BCUT2D eigenvalue weighted by molar-refractivity contribution is -0.117. The van der Waals surface area contributed by atoms with E-state index in [9.17, 15) is 9.59 Å². The van der Waals surface area contributed by atoms with Crippen LogP contribution in [0.1, 0.15) is 0 Å². The Morgan fingerprint density at radius 1 is 0.824 bits per heavy atom. The number of carbonyl (C=O) groups excluding carboxylic acids is 2. The standard InChI is InChI=1S/C6H2Cl6N2O3/c7-5(8,9)3(15)13-1-17-2-14-4(16)6(10,11)12/h1-2H. The summed E-state index contributed by atoms with van der Waals surface area (Å²) in [6, 6.07) is 0. The number of halogens is 6. The maximum atomic E-state index is 10.9. The molecule has 0 spiro atoms. The third-order valence-corrected chi connectivity index (χ3v) is 1.92. The summed E-state index contributed by atoms with van der Waals surface area (Å²) < 4.78 is 0.00825. The van der Waals surface area contributed by atoms with E-state index in [0.717, 1.165) is 0 Å². The van der Waals surface area contributed by atoms with Crippen LogP contribution in [0, 0.1) is 0 Å². The van der Waals surface area contributed by atoms with Gasteiger partial charge in [-0.1, -0.05) is 69.6 Å². The van der Waals surface area contributed by atoms with Crippen molar-refractivity contribution in [3.63, 3.8) is 0 Å². The van der Waals surface area contributed by atoms with Gasteiger partial charge in [-0.2, -0.15) is 9.98 Å². The van der Waals surface area contributed by atoms with Gasteiger partial charge in [-0.15, -0.1) is 0 Å². The van der Waals surface area contributed by atoms with Crippen molar-refractivity contribution >= 4 is 94.2 Å². The lowest BCUT2D eigenvalue weighted by atomic mass is 10.7. The largest absolute Gasteiger partial charge is 0.434 e. The fourth-order valence-corrected chi connectivity index (χ4v) is 0.623. The van der Waals surface area contributed by atoms with E-state index in [0.29, 0.717) is 12.8 Å². The van der Waals surface area contributed by atoms with Gasteiger partial charge < -0.3 is 4.74 Å². The lowest BCUT2D eigenvalue weighted by Crippen LogP contribution is -2.17. The van der Waals surface area contributed by atoms with Crippen LogP contribution in [0.4, 0.5) is 0 Å². The van der Waals surface area contributed by atoms with Crippen LogP contribution < -0.4 is 0 Å². The molecular formula is C6H2Cl6N2O3. The Morgan fingerprint density at radius 3 is 1.35 bits per heavy atom. The smallest absolute Gasteiger partial charge is 0.300 e. The molecule has 2 amide bonds. The van der Waals surface area contributed by atoms with Crippen molar-refractivity contribution in [2.75, 3.05) is 0 Å². The maximum Gasteiger partial charge on any atom is 0.300 e. The highest BCUT2D eigenvalue weighted by molar-refractivity contribution is 6.76. The molecule has 0 heterocycles. The number of rotatable bonds is 2. The van der Waals surface area contributed by atoms with E-state index in [1.54, 1.807) is 0 Å². The van der Waals surface area contributed by atoms with Crippen LogP contribution in [0.3, 0.4) is 0 Å². The number of nitrogens with zero attached hydrogens (tertiary/aromatic N) is 2.